The smallest absolute Gasteiger partial charge is 0.00923 e. The van der Waals surface area contributed by atoms with Crippen LogP contribution in [0.2, 0.25) is 0 Å². The van der Waals surface area contributed by atoms with Crippen LogP contribution in [0.15, 0.2) is 0 Å². The second kappa shape index (κ2) is 7.46. The standard InChI is InChI=1S/C19H38N2/c1-19(2,3)16-11-12-18(20)15(13-16)14-21(4)17-9-7-5-6-8-10-17/h15-18H,5-14,20H2,1-4H3. The molecule has 3 unspecified atom stereocenters. The van der Waals surface area contributed by atoms with E-state index in [2.05, 4.69) is 32.7 Å². The van der Waals surface area contributed by atoms with Gasteiger partial charge in [0.15, 0.2) is 0 Å². The summed E-state index contributed by atoms with van der Waals surface area (Å²) in [4.78, 5) is 2.65. The van der Waals surface area contributed by atoms with E-state index in [4.69, 9.17) is 5.73 Å². The first-order valence-corrected chi connectivity index (χ1v) is 9.33. The predicted molar refractivity (Wildman–Crippen MR) is 92.4 cm³/mol. The molecule has 0 aliphatic heterocycles. The zero-order chi connectivity index (χ0) is 15.5. The Morgan fingerprint density at radius 2 is 1.57 bits per heavy atom. The van der Waals surface area contributed by atoms with Crippen LogP contribution in [0.4, 0.5) is 0 Å². The lowest BCUT2D eigenvalue weighted by atomic mass is 9.67. The van der Waals surface area contributed by atoms with E-state index < -0.39 is 0 Å². The van der Waals surface area contributed by atoms with Gasteiger partial charge in [-0.2, -0.15) is 0 Å². The Labute approximate surface area is 132 Å². The maximum atomic E-state index is 6.47. The van der Waals surface area contributed by atoms with E-state index in [0.717, 1.165) is 12.0 Å². The van der Waals surface area contributed by atoms with Crippen LogP contribution in [0.1, 0.15) is 78.6 Å². The van der Waals surface area contributed by atoms with Gasteiger partial charge in [0.05, 0.1) is 0 Å². The normalized spacial score (nSPS) is 33.1. The van der Waals surface area contributed by atoms with Gasteiger partial charge in [0.2, 0.25) is 0 Å². The highest BCUT2D eigenvalue weighted by molar-refractivity contribution is 4.89. The lowest BCUT2D eigenvalue weighted by Crippen LogP contribution is -2.46. The molecule has 0 spiro atoms. The molecule has 0 heterocycles. The van der Waals surface area contributed by atoms with E-state index in [0.29, 0.717) is 17.4 Å². The van der Waals surface area contributed by atoms with E-state index in [1.54, 1.807) is 0 Å². The fourth-order valence-corrected chi connectivity index (χ4v) is 4.50. The van der Waals surface area contributed by atoms with E-state index >= 15 is 0 Å². The maximum absolute atomic E-state index is 6.47. The first-order chi connectivity index (χ1) is 9.88. The third-order valence-corrected chi connectivity index (χ3v) is 6.24. The fourth-order valence-electron chi connectivity index (χ4n) is 4.50. The minimum atomic E-state index is 0.428. The van der Waals surface area contributed by atoms with E-state index in [1.807, 2.05) is 0 Å². The predicted octanol–water partition coefficient (Wildman–Crippen LogP) is 4.43. The summed E-state index contributed by atoms with van der Waals surface area (Å²) >= 11 is 0. The number of hydrogen-bond acceptors (Lipinski definition) is 2. The van der Waals surface area contributed by atoms with Gasteiger partial charge < -0.3 is 10.6 Å². The molecule has 0 aromatic rings. The van der Waals surface area contributed by atoms with Crippen LogP contribution in [0.5, 0.6) is 0 Å². The molecule has 0 saturated heterocycles. The molecule has 2 nitrogen and oxygen atoms in total. The minimum Gasteiger partial charge on any atom is -0.327 e. The van der Waals surface area contributed by atoms with Crippen molar-refractivity contribution in [2.24, 2.45) is 23.0 Å². The zero-order valence-corrected chi connectivity index (χ0v) is 14.9. The van der Waals surface area contributed by atoms with E-state index in [1.165, 1.54) is 64.3 Å². The Kier molecular flexibility index (Phi) is 6.14. The molecular formula is C19H38N2. The summed E-state index contributed by atoms with van der Waals surface area (Å²) in [6.45, 7) is 8.43. The van der Waals surface area contributed by atoms with Crippen LogP contribution in [-0.2, 0) is 0 Å². The lowest BCUT2D eigenvalue weighted by Gasteiger charge is -2.42. The highest BCUT2D eigenvalue weighted by Gasteiger charge is 2.35. The van der Waals surface area contributed by atoms with Crippen LogP contribution in [0.25, 0.3) is 0 Å². The summed E-state index contributed by atoms with van der Waals surface area (Å²) in [5, 5.41) is 0. The molecule has 2 aliphatic carbocycles. The Bertz CT molecular complexity index is 299. The van der Waals surface area contributed by atoms with Gasteiger partial charge in [-0.1, -0.05) is 46.5 Å². The highest BCUT2D eigenvalue weighted by atomic mass is 15.1. The van der Waals surface area contributed by atoms with Crippen molar-refractivity contribution in [3.63, 3.8) is 0 Å². The number of nitrogens with zero attached hydrogens (tertiary/aromatic N) is 1. The van der Waals surface area contributed by atoms with Gasteiger partial charge in [-0.05, 0) is 56.4 Å². The SMILES string of the molecule is CN(CC1CC(C(C)(C)C)CCC1N)C1CCCCCC1. The Morgan fingerprint density at radius 1 is 0.952 bits per heavy atom. The summed E-state index contributed by atoms with van der Waals surface area (Å²) in [5.41, 5.74) is 6.91. The van der Waals surface area contributed by atoms with Gasteiger partial charge in [-0.15, -0.1) is 0 Å². The minimum absolute atomic E-state index is 0.428. The molecular weight excluding hydrogens is 256 g/mol. The quantitative estimate of drug-likeness (QED) is 0.780. The van der Waals surface area contributed by atoms with Crippen LogP contribution < -0.4 is 5.73 Å². The van der Waals surface area contributed by atoms with Crippen molar-refractivity contribution in [3.8, 4) is 0 Å². The largest absolute Gasteiger partial charge is 0.327 e. The molecule has 0 radical (unpaired) electrons. The van der Waals surface area contributed by atoms with Crippen molar-refractivity contribution < 1.29 is 0 Å². The number of rotatable bonds is 3. The lowest BCUT2D eigenvalue weighted by molar-refractivity contribution is 0.0911. The molecule has 0 aromatic heterocycles. The van der Waals surface area contributed by atoms with Gasteiger partial charge >= 0.3 is 0 Å². The van der Waals surface area contributed by atoms with Crippen molar-refractivity contribution in [1.29, 1.82) is 0 Å². The Balaban J connectivity index is 1.89. The van der Waals surface area contributed by atoms with Gasteiger partial charge in [-0.25, -0.2) is 0 Å². The van der Waals surface area contributed by atoms with Crippen molar-refractivity contribution >= 4 is 0 Å². The molecule has 2 aliphatic rings. The third kappa shape index (κ3) is 4.96. The van der Waals surface area contributed by atoms with Crippen LogP contribution >= 0.6 is 0 Å². The molecule has 2 fully saturated rings. The summed E-state index contributed by atoms with van der Waals surface area (Å²) in [6.07, 6.45) is 12.4. The topological polar surface area (TPSA) is 29.3 Å². The summed E-state index contributed by atoms with van der Waals surface area (Å²) < 4.78 is 0. The molecule has 0 aromatic carbocycles. The maximum Gasteiger partial charge on any atom is 0.00923 e. The first kappa shape index (κ1) is 17.3. The molecule has 21 heavy (non-hydrogen) atoms. The van der Waals surface area contributed by atoms with Crippen LogP contribution in [-0.4, -0.2) is 30.6 Å². The summed E-state index contributed by atoms with van der Waals surface area (Å²) in [7, 11) is 2.35. The van der Waals surface area contributed by atoms with Crippen LogP contribution in [0, 0.1) is 17.3 Å². The highest BCUT2D eigenvalue weighted by Crippen LogP contribution is 2.40. The third-order valence-electron chi connectivity index (χ3n) is 6.24. The van der Waals surface area contributed by atoms with E-state index in [-0.39, 0.29) is 0 Å². The van der Waals surface area contributed by atoms with E-state index in [9.17, 15) is 0 Å². The molecule has 2 N–H and O–H groups in total. The molecule has 2 heteroatoms. The molecule has 0 amide bonds. The van der Waals surface area contributed by atoms with Gasteiger partial charge in [0.25, 0.3) is 0 Å². The van der Waals surface area contributed by atoms with Crippen molar-refractivity contribution in [1.82, 2.24) is 4.90 Å². The summed E-state index contributed by atoms with van der Waals surface area (Å²) in [5.74, 6) is 1.56. The average Bonchev–Trinajstić information content (AvgIpc) is 2.68. The average molecular weight is 295 g/mol. The Morgan fingerprint density at radius 3 is 2.14 bits per heavy atom. The van der Waals surface area contributed by atoms with Crippen LogP contribution in [0.3, 0.4) is 0 Å². The Hall–Kier alpha value is -0.0800. The zero-order valence-electron chi connectivity index (χ0n) is 14.9. The number of hydrogen-bond donors (Lipinski definition) is 1. The molecule has 0 bridgehead atoms. The second-order valence-electron chi connectivity index (χ2n) is 8.88. The molecule has 2 saturated carbocycles. The summed E-state index contributed by atoms with van der Waals surface area (Å²) in [6, 6.07) is 1.24. The van der Waals surface area contributed by atoms with Gasteiger partial charge in [-0.3, -0.25) is 0 Å². The van der Waals surface area contributed by atoms with Crippen molar-refractivity contribution in [2.75, 3.05) is 13.6 Å². The van der Waals surface area contributed by atoms with Gasteiger partial charge in [0.1, 0.15) is 0 Å². The van der Waals surface area contributed by atoms with Crippen molar-refractivity contribution in [3.05, 3.63) is 0 Å². The number of nitrogens with two attached hydrogens (primary N) is 1. The second-order valence-corrected chi connectivity index (χ2v) is 8.88. The monoisotopic (exact) mass is 294 g/mol. The van der Waals surface area contributed by atoms with Crippen molar-refractivity contribution in [2.45, 2.75) is 90.6 Å². The van der Waals surface area contributed by atoms with Gasteiger partial charge in [0, 0.05) is 18.6 Å². The molecule has 2 rings (SSSR count). The molecule has 3 atom stereocenters. The molecule has 124 valence electrons. The first-order valence-electron chi connectivity index (χ1n) is 9.33. The fraction of sp³-hybridized carbons (Fsp3) is 1.00.